The van der Waals surface area contributed by atoms with Crippen LogP contribution in [-0.2, 0) is 5.75 Å². The van der Waals surface area contributed by atoms with Crippen LogP contribution in [0.25, 0.3) is 22.0 Å². The number of aromatic nitrogens is 1. The largest absolute Gasteiger partial charge is 0.254 e. The lowest BCUT2D eigenvalue weighted by Gasteiger charge is -2.12. The summed E-state index contributed by atoms with van der Waals surface area (Å²) >= 11 is 1.86. The van der Waals surface area contributed by atoms with Crippen LogP contribution in [0.15, 0.2) is 96.0 Å². The third-order valence-corrected chi connectivity index (χ3v) is 5.21. The van der Waals surface area contributed by atoms with Gasteiger partial charge in [0.1, 0.15) is 0 Å². The van der Waals surface area contributed by atoms with E-state index >= 15 is 0 Å². The maximum absolute atomic E-state index is 4.77. The number of hydrogen-bond donors (Lipinski definition) is 0. The van der Waals surface area contributed by atoms with E-state index in [4.69, 9.17) is 4.98 Å². The van der Waals surface area contributed by atoms with E-state index in [-0.39, 0.29) is 0 Å². The van der Waals surface area contributed by atoms with Gasteiger partial charge in [-0.05, 0) is 10.9 Å². The van der Waals surface area contributed by atoms with Crippen LogP contribution in [0.4, 0.5) is 0 Å². The summed E-state index contributed by atoms with van der Waals surface area (Å²) in [5.41, 5.74) is 3.56. The molecule has 0 spiro atoms. The summed E-state index contributed by atoms with van der Waals surface area (Å²) in [4.78, 5) is 6.02. The van der Waals surface area contributed by atoms with Gasteiger partial charge in [-0.3, -0.25) is 4.98 Å². The molecule has 0 saturated carbocycles. The minimum absolute atomic E-state index is 0.941. The SMILES string of the molecule is c1ccc(CSc2c(-c3ccccc3)ncc3ccccc23)cc1. The van der Waals surface area contributed by atoms with Crippen LogP contribution in [0.1, 0.15) is 5.56 Å². The first-order chi connectivity index (χ1) is 11.9. The number of thioether (sulfide) groups is 1. The Hall–Kier alpha value is -2.58. The van der Waals surface area contributed by atoms with Crippen molar-refractivity contribution in [3.05, 3.63) is 96.7 Å². The van der Waals surface area contributed by atoms with Crippen molar-refractivity contribution in [2.75, 3.05) is 0 Å². The van der Waals surface area contributed by atoms with Crippen LogP contribution in [0.2, 0.25) is 0 Å². The summed E-state index contributed by atoms with van der Waals surface area (Å²) in [6, 6.07) is 29.5. The Morgan fingerprint density at radius 2 is 1.38 bits per heavy atom. The van der Waals surface area contributed by atoms with Crippen molar-refractivity contribution in [1.82, 2.24) is 4.98 Å². The maximum atomic E-state index is 4.77. The van der Waals surface area contributed by atoms with Crippen LogP contribution < -0.4 is 0 Å². The van der Waals surface area contributed by atoms with Gasteiger partial charge in [-0.15, -0.1) is 11.8 Å². The third kappa shape index (κ3) is 3.06. The zero-order valence-electron chi connectivity index (χ0n) is 13.2. The number of nitrogens with zero attached hydrogens (tertiary/aromatic N) is 1. The second-order valence-electron chi connectivity index (χ2n) is 5.66. The molecule has 0 bridgehead atoms. The Balaban J connectivity index is 1.81. The average molecular weight is 327 g/mol. The highest BCUT2D eigenvalue weighted by Crippen LogP contribution is 2.37. The molecule has 4 aromatic rings. The van der Waals surface area contributed by atoms with E-state index < -0.39 is 0 Å². The van der Waals surface area contributed by atoms with Crippen LogP contribution in [0, 0.1) is 0 Å². The monoisotopic (exact) mass is 327 g/mol. The van der Waals surface area contributed by atoms with Gasteiger partial charge in [-0.2, -0.15) is 0 Å². The molecule has 1 nitrogen and oxygen atoms in total. The molecule has 24 heavy (non-hydrogen) atoms. The fraction of sp³-hybridized carbons (Fsp3) is 0.0455. The summed E-state index contributed by atoms with van der Waals surface area (Å²) in [5.74, 6) is 0.941. The Bertz CT molecular complexity index is 949. The molecule has 1 aromatic heterocycles. The predicted octanol–water partition coefficient (Wildman–Crippen LogP) is 6.19. The molecule has 0 fully saturated rings. The summed E-state index contributed by atoms with van der Waals surface area (Å²) in [5, 5.41) is 2.46. The Labute approximate surface area is 146 Å². The van der Waals surface area contributed by atoms with Gasteiger partial charge in [-0.1, -0.05) is 84.9 Å². The van der Waals surface area contributed by atoms with Gasteiger partial charge in [0.25, 0.3) is 0 Å². The zero-order valence-corrected chi connectivity index (χ0v) is 14.0. The molecule has 1 heterocycles. The van der Waals surface area contributed by atoms with Gasteiger partial charge in [0.05, 0.1) is 5.69 Å². The second-order valence-corrected chi connectivity index (χ2v) is 6.65. The highest BCUT2D eigenvalue weighted by atomic mass is 32.2. The smallest absolute Gasteiger partial charge is 0.0844 e. The van der Waals surface area contributed by atoms with Gasteiger partial charge in [-0.25, -0.2) is 0 Å². The third-order valence-electron chi connectivity index (χ3n) is 4.03. The van der Waals surface area contributed by atoms with Crippen molar-refractivity contribution in [3.63, 3.8) is 0 Å². The second kappa shape index (κ2) is 6.90. The summed E-state index contributed by atoms with van der Waals surface area (Å²) in [6.07, 6.45) is 1.98. The summed E-state index contributed by atoms with van der Waals surface area (Å²) in [6.45, 7) is 0. The molecule has 0 amide bonds. The molecule has 0 aliphatic carbocycles. The Kier molecular flexibility index (Phi) is 4.30. The normalized spacial score (nSPS) is 10.8. The lowest BCUT2D eigenvalue weighted by atomic mass is 10.1. The number of rotatable bonds is 4. The molecule has 0 unspecified atom stereocenters. The van der Waals surface area contributed by atoms with Crippen LogP contribution in [-0.4, -0.2) is 4.98 Å². The van der Waals surface area contributed by atoms with Gasteiger partial charge in [0, 0.05) is 27.8 Å². The fourth-order valence-electron chi connectivity index (χ4n) is 2.81. The zero-order chi connectivity index (χ0) is 16.2. The van der Waals surface area contributed by atoms with Gasteiger partial charge in [0.15, 0.2) is 0 Å². The highest BCUT2D eigenvalue weighted by Gasteiger charge is 2.11. The van der Waals surface area contributed by atoms with Crippen molar-refractivity contribution in [3.8, 4) is 11.3 Å². The molecule has 0 aliphatic rings. The first-order valence-electron chi connectivity index (χ1n) is 8.02. The summed E-state index contributed by atoms with van der Waals surface area (Å²) in [7, 11) is 0. The molecule has 0 aliphatic heterocycles. The molecule has 0 saturated heterocycles. The molecule has 2 heteroatoms. The molecule has 116 valence electrons. The van der Waals surface area contributed by atoms with E-state index in [9.17, 15) is 0 Å². The maximum Gasteiger partial charge on any atom is 0.0844 e. The minimum atomic E-state index is 0.941. The average Bonchev–Trinajstić information content (AvgIpc) is 2.67. The van der Waals surface area contributed by atoms with E-state index in [1.165, 1.54) is 26.8 Å². The number of pyridine rings is 1. The highest BCUT2D eigenvalue weighted by molar-refractivity contribution is 7.98. The first-order valence-corrected chi connectivity index (χ1v) is 9.00. The van der Waals surface area contributed by atoms with Crippen molar-refractivity contribution < 1.29 is 0 Å². The number of benzene rings is 3. The first kappa shape index (κ1) is 15.0. The molecular formula is C22H17NS. The van der Waals surface area contributed by atoms with Gasteiger partial charge in [0.2, 0.25) is 0 Å². The number of hydrogen-bond acceptors (Lipinski definition) is 2. The molecule has 4 rings (SSSR count). The van der Waals surface area contributed by atoms with E-state index in [0.29, 0.717) is 0 Å². The molecule has 0 atom stereocenters. The van der Waals surface area contributed by atoms with Gasteiger partial charge >= 0.3 is 0 Å². The molecule has 0 radical (unpaired) electrons. The van der Waals surface area contributed by atoms with E-state index in [0.717, 1.165) is 11.4 Å². The quantitative estimate of drug-likeness (QED) is 0.414. The Morgan fingerprint density at radius 1 is 0.708 bits per heavy atom. The van der Waals surface area contributed by atoms with E-state index in [2.05, 4.69) is 78.9 Å². The molecule has 3 aromatic carbocycles. The van der Waals surface area contributed by atoms with E-state index in [1.54, 1.807) is 0 Å². The molecular weight excluding hydrogens is 310 g/mol. The number of fused-ring (bicyclic) bond motifs is 1. The topological polar surface area (TPSA) is 12.9 Å². The van der Waals surface area contributed by atoms with Gasteiger partial charge < -0.3 is 0 Å². The van der Waals surface area contributed by atoms with Crippen LogP contribution in [0.3, 0.4) is 0 Å². The van der Waals surface area contributed by atoms with Crippen molar-refractivity contribution >= 4 is 22.5 Å². The lowest BCUT2D eigenvalue weighted by Crippen LogP contribution is -1.90. The lowest BCUT2D eigenvalue weighted by molar-refractivity contribution is 1.28. The standard InChI is InChI=1S/C22H17NS/c1-3-9-17(10-4-1)16-24-22-20-14-8-7-13-19(20)15-23-21(22)18-11-5-2-6-12-18/h1-15H,16H2. The minimum Gasteiger partial charge on any atom is -0.254 e. The molecule has 0 N–H and O–H groups in total. The fourth-order valence-corrected chi connectivity index (χ4v) is 3.97. The van der Waals surface area contributed by atoms with Crippen molar-refractivity contribution in [2.24, 2.45) is 0 Å². The Morgan fingerprint density at radius 3 is 2.17 bits per heavy atom. The van der Waals surface area contributed by atoms with E-state index in [1.807, 2.05) is 24.0 Å². The van der Waals surface area contributed by atoms with Crippen molar-refractivity contribution in [2.45, 2.75) is 10.6 Å². The van der Waals surface area contributed by atoms with Crippen LogP contribution >= 0.6 is 11.8 Å². The summed E-state index contributed by atoms with van der Waals surface area (Å²) < 4.78 is 0. The van der Waals surface area contributed by atoms with Crippen molar-refractivity contribution in [1.29, 1.82) is 0 Å². The van der Waals surface area contributed by atoms with Crippen LogP contribution in [0.5, 0.6) is 0 Å². The predicted molar refractivity (Wildman–Crippen MR) is 103 cm³/mol.